The van der Waals surface area contributed by atoms with Gasteiger partial charge in [0.05, 0.1) is 6.20 Å². The molecule has 0 bridgehead atoms. The van der Waals surface area contributed by atoms with E-state index in [0.717, 1.165) is 25.7 Å². The molecule has 0 radical (unpaired) electrons. The highest BCUT2D eigenvalue weighted by atomic mass is 32.2. The highest BCUT2D eigenvalue weighted by molar-refractivity contribution is 7.89. The van der Waals surface area contributed by atoms with Gasteiger partial charge in [-0.25, -0.2) is 13.1 Å². The molecule has 0 amide bonds. The van der Waals surface area contributed by atoms with Crippen molar-refractivity contribution >= 4 is 10.0 Å². The van der Waals surface area contributed by atoms with Gasteiger partial charge < -0.3 is 5.11 Å². The fourth-order valence-electron chi connectivity index (χ4n) is 2.52. The Kier molecular flexibility index (Phi) is 5.56. The van der Waals surface area contributed by atoms with E-state index in [9.17, 15) is 8.42 Å². The fourth-order valence-corrected chi connectivity index (χ4v) is 3.78. The lowest BCUT2D eigenvalue weighted by atomic mass is 10.1. The monoisotopic (exact) mass is 301 g/mol. The highest BCUT2D eigenvalue weighted by Crippen LogP contribution is 2.19. The number of aliphatic hydroxyl groups excluding tert-OH is 1. The summed E-state index contributed by atoms with van der Waals surface area (Å²) in [4.78, 5) is 0.208. The van der Waals surface area contributed by atoms with Crippen molar-refractivity contribution in [2.45, 2.75) is 62.4 Å². The van der Waals surface area contributed by atoms with Crippen LogP contribution in [0.1, 0.15) is 44.9 Å². The van der Waals surface area contributed by atoms with Crippen molar-refractivity contribution in [3.8, 4) is 0 Å². The molecule has 0 spiro atoms. The van der Waals surface area contributed by atoms with E-state index < -0.39 is 10.0 Å². The maximum absolute atomic E-state index is 12.3. The van der Waals surface area contributed by atoms with Crippen LogP contribution in [0.5, 0.6) is 0 Å². The summed E-state index contributed by atoms with van der Waals surface area (Å²) in [6.07, 6.45) is 9.85. The summed E-state index contributed by atoms with van der Waals surface area (Å²) in [5.74, 6) is 0. The Labute approximate surface area is 120 Å². The standard InChI is InChI=1S/C13H23N3O3S/c17-9-5-8-16-11-13(10-14-16)20(18,19)15-12-6-3-1-2-4-7-12/h10-12,15,17H,1-9H2. The zero-order chi connectivity index (χ0) is 14.4. The molecular weight excluding hydrogens is 278 g/mol. The molecule has 2 rings (SSSR count). The van der Waals surface area contributed by atoms with E-state index in [0.29, 0.717) is 13.0 Å². The number of aryl methyl sites for hydroxylation is 1. The molecule has 1 aliphatic rings. The molecule has 1 heterocycles. The van der Waals surface area contributed by atoms with E-state index >= 15 is 0 Å². The van der Waals surface area contributed by atoms with E-state index in [1.807, 2.05) is 0 Å². The van der Waals surface area contributed by atoms with Crippen LogP contribution >= 0.6 is 0 Å². The number of rotatable bonds is 6. The molecule has 1 fully saturated rings. The van der Waals surface area contributed by atoms with E-state index in [4.69, 9.17) is 5.11 Å². The average molecular weight is 301 g/mol. The molecule has 0 unspecified atom stereocenters. The molecule has 20 heavy (non-hydrogen) atoms. The molecule has 0 aliphatic heterocycles. The first-order valence-corrected chi connectivity index (χ1v) is 8.76. The second-order valence-corrected chi connectivity index (χ2v) is 7.04. The van der Waals surface area contributed by atoms with E-state index in [1.54, 1.807) is 4.68 Å². The van der Waals surface area contributed by atoms with Gasteiger partial charge >= 0.3 is 0 Å². The summed E-state index contributed by atoms with van der Waals surface area (Å²) < 4.78 is 28.9. The van der Waals surface area contributed by atoms with Gasteiger partial charge in [-0.2, -0.15) is 5.10 Å². The van der Waals surface area contributed by atoms with Crippen molar-refractivity contribution < 1.29 is 13.5 Å². The van der Waals surface area contributed by atoms with E-state index in [2.05, 4.69) is 9.82 Å². The molecule has 1 saturated carbocycles. The normalized spacial score (nSPS) is 18.1. The van der Waals surface area contributed by atoms with Gasteiger partial charge in [0, 0.05) is 25.4 Å². The number of aromatic nitrogens is 2. The molecule has 0 aromatic carbocycles. The second kappa shape index (κ2) is 7.19. The summed E-state index contributed by atoms with van der Waals surface area (Å²) in [6, 6.07) is 0.0447. The van der Waals surface area contributed by atoms with Gasteiger partial charge in [-0.15, -0.1) is 0 Å². The SMILES string of the molecule is O=S(=O)(NC1CCCCCC1)c1cnn(CCCO)c1. The maximum Gasteiger partial charge on any atom is 0.243 e. The number of nitrogens with zero attached hydrogens (tertiary/aromatic N) is 2. The van der Waals surface area contributed by atoms with Crippen LogP contribution in [0.4, 0.5) is 0 Å². The minimum atomic E-state index is -3.48. The smallest absolute Gasteiger partial charge is 0.243 e. The maximum atomic E-state index is 12.3. The largest absolute Gasteiger partial charge is 0.396 e. The van der Waals surface area contributed by atoms with Gasteiger partial charge in [0.2, 0.25) is 10.0 Å². The Morgan fingerprint density at radius 3 is 2.65 bits per heavy atom. The summed E-state index contributed by atoms with van der Waals surface area (Å²) in [6.45, 7) is 0.595. The number of sulfonamides is 1. The van der Waals surface area contributed by atoms with Crippen LogP contribution in [0.25, 0.3) is 0 Å². The van der Waals surface area contributed by atoms with E-state index in [1.165, 1.54) is 25.2 Å². The van der Waals surface area contributed by atoms with Crippen LogP contribution in [0, 0.1) is 0 Å². The van der Waals surface area contributed by atoms with E-state index in [-0.39, 0.29) is 17.5 Å². The number of aliphatic hydroxyl groups is 1. The molecular formula is C13H23N3O3S. The number of hydrogen-bond donors (Lipinski definition) is 2. The minimum absolute atomic E-state index is 0.0447. The fraction of sp³-hybridized carbons (Fsp3) is 0.769. The Balaban J connectivity index is 1.99. The Morgan fingerprint density at radius 1 is 1.30 bits per heavy atom. The summed E-state index contributed by atoms with van der Waals surface area (Å²) >= 11 is 0. The van der Waals surface area contributed by atoms with Gasteiger partial charge in [0.15, 0.2) is 0 Å². The summed E-state index contributed by atoms with van der Waals surface area (Å²) in [5, 5.41) is 12.8. The third-order valence-corrected chi connectivity index (χ3v) is 5.12. The first-order chi connectivity index (χ1) is 9.62. The van der Waals surface area contributed by atoms with Gasteiger partial charge in [0.1, 0.15) is 4.90 Å². The topological polar surface area (TPSA) is 84.2 Å². The molecule has 0 atom stereocenters. The molecule has 114 valence electrons. The Morgan fingerprint density at radius 2 is 2.00 bits per heavy atom. The highest BCUT2D eigenvalue weighted by Gasteiger charge is 2.22. The van der Waals surface area contributed by atoms with Crippen LogP contribution in [0.15, 0.2) is 17.3 Å². The van der Waals surface area contributed by atoms with Crippen molar-refractivity contribution in [2.24, 2.45) is 0 Å². The molecule has 1 aromatic heterocycles. The third kappa shape index (κ3) is 4.29. The average Bonchev–Trinajstić information content (AvgIpc) is 2.76. The summed E-state index contributed by atoms with van der Waals surface area (Å²) in [7, 11) is -3.48. The first kappa shape index (κ1) is 15.5. The van der Waals surface area contributed by atoms with Crippen molar-refractivity contribution in [1.82, 2.24) is 14.5 Å². The van der Waals surface area contributed by atoms with Crippen LogP contribution in [-0.2, 0) is 16.6 Å². The molecule has 1 aromatic rings. The predicted octanol–water partition coefficient (Wildman–Crippen LogP) is 1.27. The van der Waals surface area contributed by atoms with Gasteiger partial charge in [0.25, 0.3) is 0 Å². The third-order valence-electron chi connectivity index (χ3n) is 3.64. The van der Waals surface area contributed by atoms with Crippen molar-refractivity contribution in [3.05, 3.63) is 12.4 Å². The van der Waals surface area contributed by atoms with Gasteiger partial charge in [-0.3, -0.25) is 4.68 Å². The van der Waals surface area contributed by atoms with Gasteiger partial charge in [-0.1, -0.05) is 25.7 Å². The molecule has 6 nitrogen and oxygen atoms in total. The lowest BCUT2D eigenvalue weighted by Gasteiger charge is -2.15. The Bertz CT molecular complexity index is 505. The van der Waals surface area contributed by atoms with Crippen LogP contribution in [0.3, 0.4) is 0 Å². The van der Waals surface area contributed by atoms with Crippen LogP contribution < -0.4 is 4.72 Å². The number of hydrogen-bond acceptors (Lipinski definition) is 4. The Hall–Kier alpha value is -0.920. The molecule has 1 aliphatic carbocycles. The molecule has 7 heteroatoms. The zero-order valence-electron chi connectivity index (χ0n) is 11.7. The quantitative estimate of drug-likeness (QED) is 0.775. The number of nitrogens with one attached hydrogen (secondary N) is 1. The lowest BCUT2D eigenvalue weighted by molar-refractivity contribution is 0.277. The van der Waals surface area contributed by atoms with Crippen molar-refractivity contribution in [1.29, 1.82) is 0 Å². The first-order valence-electron chi connectivity index (χ1n) is 7.27. The van der Waals surface area contributed by atoms with Gasteiger partial charge in [-0.05, 0) is 19.3 Å². The van der Waals surface area contributed by atoms with Crippen molar-refractivity contribution in [3.63, 3.8) is 0 Å². The predicted molar refractivity (Wildman–Crippen MR) is 75.7 cm³/mol. The zero-order valence-corrected chi connectivity index (χ0v) is 12.5. The molecule has 0 saturated heterocycles. The van der Waals surface area contributed by atoms with Crippen molar-refractivity contribution in [2.75, 3.05) is 6.61 Å². The molecule has 2 N–H and O–H groups in total. The second-order valence-electron chi connectivity index (χ2n) is 5.33. The lowest BCUT2D eigenvalue weighted by Crippen LogP contribution is -2.34. The minimum Gasteiger partial charge on any atom is -0.396 e. The summed E-state index contributed by atoms with van der Waals surface area (Å²) in [5.41, 5.74) is 0. The van der Waals surface area contributed by atoms with Crippen LogP contribution in [0.2, 0.25) is 0 Å². The van der Waals surface area contributed by atoms with Crippen LogP contribution in [-0.4, -0.2) is 36.0 Å².